The van der Waals surface area contributed by atoms with Crippen molar-refractivity contribution < 1.29 is 9.53 Å². The molecule has 0 saturated heterocycles. The Bertz CT molecular complexity index is 423. The smallest absolute Gasteiger partial charge is 0.326 e. The van der Waals surface area contributed by atoms with Crippen molar-refractivity contribution in [2.24, 2.45) is 0 Å². The summed E-state index contributed by atoms with van der Waals surface area (Å²) >= 11 is 1.93. The molecule has 1 aliphatic carbocycles. The quantitative estimate of drug-likeness (QED) is 0.841. The Hall–Kier alpha value is -1.00. The zero-order valence-electron chi connectivity index (χ0n) is 11.5. The van der Waals surface area contributed by atoms with Gasteiger partial charge in [0, 0.05) is 11.0 Å². The van der Waals surface area contributed by atoms with Crippen molar-refractivity contribution in [3.63, 3.8) is 0 Å². The Morgan fingerprint density at radius 2 is 2.21 bits per heavy atom. The van der Waals surface area contributed by atoms with Gasteiger partial charge in [0.2, 0.25) is 0 Å². The largest absolute Gasteiger partial charge is 0.468 e. The number of carbonyl (C=O) groups excluding carboxylic acids is 1. The maximum absolute atomic E-state index is 11.9. The van der Waals surface area contributed by atoms with Crippen molar-refractivity contribution >= 4 is 17.7 Å². The molecule has 1 aromatic rings. The first-order valence-corrected chi connectivity index (χ1v) is 7.68. The van der Waals surface area contributed by atoms with E-state index in [1.165, 1.54) is 12.7 Å². The van der Waals surface area contributed by atoms with Crippen LogP contribution in [0.15, 0.2) is 30.3 Å². The summed E-state index contributed by atoms with van der Waals surface area (Å²) in [7, 11) is 3.31. The van der Waals surface area contributed by atoms with E-state index in [2.05, 4.69) is 29.6 Å². The molecule has 0 heterocycles. The van der Waals surface area contributed by atoms with E-state index in [1.54, 1.807) is 0 Å². The predicted octanol–water partition coefficient (Wildman–Crippen LogP) is 2.60. The van der Waals surface area contributed by atoms with Gasteiger partial charge in [0.05, 0.1) is 7.11 Å². The second-order valence-electron chi connectivity index (χ2n) is 4.99. The Balaban J connectivity index is 1.89. The van der Waals surface area contributed by atoms with Gasteiger partial charge in [-0.3, -0.25) is 4.79 Å². The number of hydrogen-bond acceptors (Lipinski definition) is 4. The first-order chi connectivity index (χ1) is 9.20. The Morgan fingerprint density at radius 1 is 1.47 bits per heavy atom. The third-order valence-electron chi connectivity index (χ3n) is 3.85. The van der Waals surface area contributed by atoms with E-state index in [-0.39, 0.29) is 5.97 Å². The highest BCUT2D eigenvalue weighted by Crippen LogP contribution is 2.38. The van der Waals surface area contributed by atoms with Gasteiger partial charge in [0.15, 0.2) is 0 Å². The summed E-state index contributed by atoms with van der Waals surface area (Å²) in [5.41, 5.74) is 0.871. The van der Waals surface area contributed by atoms with Gasteiger partial charge in [-0.25, -0.2) is 0 Å². The summed E-state index contributed by atoms with van der Waals surface area (Å²) in [6, 6.07) is 10.5. The number of nitrogens with one attached hydrogen (secondary N) is 1. The normalized spacial score (nSPS) is 26.3. The highest BCUT2D eigenvalue weighted by Gasteiger charge is 2.45. The number of methoxy groups -OCH3 is 1. The van der Waals surface area contributed by atoms with Crippen LogP contribution in [0.3, 0.4) is 0 Å². The van der Waals surface area contributed by atoms with Crippen LogP contribution in [0.1, 0.15) is 24.8 Å². The summed E-state index contributed by atoms with van der Waals surface area (Å²) in [6.07, 6.45) is 2.78. The van der Waals surface area contributed by atoms with Gasteiger partial charge in [0.1, 0.15) is 5.54 Å². The van der Waals surface area contributed by atoms with E-state index in [9.17, 15) is 4.79 Å². The molecule has 0 radical (unpaired) electrons. The fraction of sp³-hybridized carbons (Fsp3) is 0.533. The van der Waals surface area contributed by atoms with E-state index < -0.39 is 5.54 Å². The number of rotatable bonds is 5. The maximum atomic E-state index is 11.9. The van der Waals surface area contributed by atoms with Crippen LogP contribution in [0.4, 0.5) is 0 Å². The average Bonchev–Trinajstić information content (AvgIpc) is 2.90. The minimum atomic E-state index is -0.469. The van der Waals surface area contributed by atoms with Gasteiger partial charge < -0.3 is 10.1 Å². The summed E-state index contributed by atoms with van der Waals surface area (Å²) in [5.74, 6) is 0.879. The van der Waals surface area contributed by atoms with Gasteiger partial charge in [-0.2, -0.15) is 11.8 Å². The molecule has 4 heteroatoms. The molecule has 1 aromatic carbocycles. The van der Waals surface area contributed by atoms with Crippen LogP contribution in [-0.4, -0.2) is 30.9 Å². The summed E-state index contributed by atoms with van der Waals surface area (Å²) in [4.78, 5) is 11.9. The lowest BCUT2D eigenvalue weighted by molar-refractivity contribution is -0.148. The molecule has 0 amide bonds. The predicted molar refractivity (Wildman–Crippen MR) is 79.2 cm³/mol. The maximum Gasteiger partial charge on any atom is 0.326 e. The van der Waals surface area contributed by atoms with E-state index in [4.69, 9.17) is 4.74 Å². The highest BCUT2D eigenvalue weighted by molar-refractivity contribution is 7.99. The minimum Gasteiger partial charge on any atom is -0.468 e. The average molecular weight is 279 g/mol. The molecule has 1 fully saturated rings. The molecule has 1 aliphatic rings. The van der Waals surface area contributed by atoms with Crippen LogP contribution >= 0.6 is 11.8 Å². The topological polar surface area (TPSA) is 38.3 Å². The molecule has 2 unspecified atom stereocenters. The van der Waals surface area contributed by atoms with Crippen LogP contribution < -0.4 is 5.32 Å². The summed E-state index contributed by atoms with van der Waals surface area (Å²) in [6.45, 7) is 0. The van der Waals surface area contributed by atoms with Crippen molar-refractivity contribution in [3.8, 4) is 0 Å². The SMILES string of the molecule is CNC1(C(=O)OC)CCC(SCc2ccccc2)C1. The number of esters is 1. The number of carbonyl (C=O) groups is 1. The highest BCUT2D eigenvalue weighted by atomic mass is 32.2. The van der Waals surface area contributed by atoms with E-state index >= 15 is 0 Å². The molecule has 3 nitrogen and oxygen atoms in total. The lowest BCUT2D eigenvalue weighted by Gasteiger charge is -2.25. The first kappa shape index (κ1) is 14.4. The number of likely N-dealkylation sites (N-methyl/N-ethyl adjacent to an activating group) is 1. The Labute approximate surface area is 119 Å². The standard InChI is InChI=1S/C15H21NO2S/c1-16-15(14(17)18-2)9-8-13(10-15)19-11-12-6-4-3-5-7-12/h3-7,13,16H,8-11H2,1-2H3. The second-order valence-corrected chi connectivity index (χ2v) is 6.27. The molecule has 2 rings (SSSR count). The number of thioether (sulfide) groups is 1. The molecule has 104 valence electrons. The van der Waals surface area contributed by atoms with Crippen molar-refractivity contribution in [2.75, 3.05) is 14.2 Å². The molecular formula is C15H21NO2S. The van der Waals surface area contributed by atoms with Crippen LogP contribution in [0.25, 0.3) is 0 Å². The van der Waals surface area contributed by atoms with Gasteiger partial charge in [-0.15, -0.1) is 0 Å². The van der Waals surface area contributed by atoms with Crippen molar-refractivity contribution in [1.29, 1.82) is 0 Å². The fourth-order valence-corrected chi connectivity index (χ4v) is 3.95. The van der Waals surface area contributed by atoms with Crippen LogP contribution in [0.2, 0.25) is 0 Å². The van der Waals surface area contributed by atoms with Gasteiger partial charge in [0.25, 0.3) is 0 Å². The lowest BCUT2D eigenvalue weighted by atomic mass is 9.98. The van der Waals surface area contributed by atoms with E-state index in [1.807, 2.05) is 24.9 Å². The Morgan fingerprint density at radius 3 is 2.84 bits per heavy atom. The molecule has 0 aliphatic heterocycles. The summed E-state index contributed by atoms with van der Waals surface area (Å²) in [5, 5.41) is 3.69. The number of ether oxygens (including phenoxy) is 1. The minimum absolute atomic E-state index is 0.127. The molecular weight excluding hydrogens is 258 g/mol. The van der Waals surface area contributed by atoms with E-state index in [0.29, 0.717) is 5.25 Å². The third kappa shape index (κ3) is 3.31. The molecule has 1 saturated carbocycles. The Kier molecular flexibility index (Phi) is 4.88. The van der Waals surface area contributed by atoms with E-state index in [0.717, 1.165) is 25.0 Å². The first-order valence-electron chi connectivity index (χ1n) is 6.63. The zero-order valence-corrected chi connectivity index (χ0v) is 12.3. The number of hydrogen-bond donors (Lipinski definition) is 1. The van der Waals surface area contributed by atoms with Crippen LogP contribution in [0, 0.1) is 0 Å². The van der Waals surface area contributed by atoms with Crippen molar-refractivity contribution in [3.05, 3.63) is 35.9 Å². The molecule has 0 aromatic heterocycles. The van der Waals surface area contributed by atoms with Gasteiger partial charge >= 0.3 is 5.97 Å². The zero-order chi connectivity index (χ0) is 13.7. The molecule has 19 heavy (non-hydrogen) atoms. The van der Waals surface area contributed by atoms with Gasteiger partial charge in [-0.1, -0.05) is 30.3 Å². The third-order valence-corrected chi connectivity index (χ3v) is 5.23. The van der Waals surface area contributed by atoms with Crippen molar-refractivity contribution in [2.45, 2.75) is 35.8 Å². The second kappa shape index (κ2) is 6.44. The van der Waals surface area contributed by atoms with Crippen LogP contribution in [-0.2, 0) is 15.3 Å². The molecule has 0 spiro atoms. The lowest BCUT2D eigenvalue weighted by Crippen LogP contribution is -2.49. The van der Waals surface area contributed by atoms with Crippen molar-refractivity contribution in [1.82, 2.24) is 5.32 Å². The summed E-state index contributed by atoms with van der Waals surface area (Å²) < 4.78 is 4.93. The van der Waals surface area contributed by atoms with Gasteiger partial charge in [-0.05, 0) is 31.9 Å². The fourth-order valence-electron chi connectivity index (χ4n) is 2.64. The molecule has 2 atom stereocenters. The molecule has 1 N–H and O–H groups in total. The monoisotopic (exact) mass is 279 g/mol. The molecule has 0 bridgehead atoms. The van der Waals surface area contributed by atoms with Crippen LogP contribution in [0.5, 0.6) is 0 Å². The number of benzene rings is 1.